The summed E-state index contributed by atoms with van der Waals surface area (Å²) >= 11 is 0. The first kappa shape index (κ1) is 15.0. The fraction of sp³-hybridized carbons (Fsp3) is 0.571. The molecule has 2 N–H and O–H groups in total. The number of Topliss-reactive ketones (excluding diaryl/α,β-unsaturated/α-hetero) is 1. The third kappa shape index (κ3) is 2.71. The molecule has 1 saturated heterocycles. The summed E-state index contributed by atoms with van der Waals surface area (Å²) in [5.74, 6) is 0.421. The molecule has 0 bridgehead atoms. The van der Waals surface area contributed by atoms with Crippen molar-refractivity contribution in [1.29, 1.82) is 0 Å². The van der Waals surface area contributed by atoms with Gasteiger partial charge in [0.1, 0.15) is 11.6 Å². The smallest absolute Gasteiger partial charge is 0.399 e. The van der Waals surface area contributed by atoms with Crippen LogP contribution in [0.15, 0.2) is 12.3 Å². The van der Waals surface area contributed by atoms with E-state index >= 15 is 0 Å². The van der Waals surface area contributed by atoms with Crippen molar-refractivity contribution in [2.75, 3.05) is 5.73 Å². The molecular weight excluding hydrogens is 255 g/mol. The molecular formula is C14H21BN2O3. The van der Waals surface area contributed by atoms with Crippen molar-refractivity contribution in [2.45, 2.75) is 52.2 Å². The van der Waals surface area contributed by atoms with Crippen molar-refractivity contribution in [3.05, 3.63) is 17.8 Å². The molecule has 6 heteroatoms. The van der Waals surface area contributed by atoms with E-state index in [0.29, 0.717) is 11.4 Å². The fourth-order valence-corrected chi connectivity index (χ4v) is 2.06. The lowest BCUT2D eigenvalue weighted by Crippen LogP contribution is -2.41. The predicted octanol–water partition coefficient (Wildman–Crippen LogP) is 1.09. The standard InChI is InChI=1S/C14H21BN2O3/c1-9(18)6-10-7-11(8-17-12(10)16)15-19-13(2,3)14(4,5)20-15/h7-8H,6H2,1-5H3,(H2,16,17). The van der Waals surface area contributed by atoms with Gasteiger partial charge in [0.2, 0.25) is 0 Å². The molecule has 0 spiro atoms. The summed E-state index contributed by atoms with van der Waals surface area (Å²) in [7, 11) is -0.487. The summed E-state index contributed by atoms with van der Waals surface area (Å²) in [5, 5.41) is 0. The van der Waals surface area contributed by atoms with Crippen LogP contribution < -0.4 is 11.2 Å². The number of nitrogens with zero attached hydrogens (tertiary/aromatic N) is 1. The Morgan fingerprint density at radius 3 is 2.35 bits per heavy atom. The Hall–Kier alpha value is -1.40. The Morgan fingerprint density at radius 1 is 1.30 bits per heavy atom. The maximum atomic E-state index is 11.3. The van der Waals surface area contributed by atoms with Gasteiger partial charge in [-0.05, 0) is 34.6 Å². The van der Waals surface area contributed by atoms with Crippen LogP contribution >= 0.6 is 0 Å². The molecule has 5 nitrogen and oxygen atoms in total. The van der Waals surface area contributed by atoms with E-state index in [-0.39, 0.29) is 12.2 Å². The molecule has 20 heavy (non-hydrogen) atoms. The van der Waals surface area contributed by atoms with E-state index in [1.165, 1.54) is 6.92 Å². The maximum absolute atomic E-state index is 11.3. The molecule has 1 aliphatic rings. The molecule has 108 valence electrons. The van der Waals surface area contributed by atoms with E-state index < -0.39 is 18.3 Å². The molecule has 0 amide bonds. The topological polar surface area (TPSA) is 74.4 Å². The van der Waals surface area contributed by atoms with Crippen LogP contribution in [0.2, 0.25) is 0 Å². The van der Waals surface area contributed by atoms with Crippen molar-refractivity contribution in [3.8, 4) is 0 Å². The molecule has 0 aromatic carbocycles. The highest BCUT2D eigenvalue weighted by Gasteiger charge is 2.51. The Balaban J connectivity index is 2.29. The van der Waals surface area contributed by atoms with Crippen molar-refractivity contribution in [1.82, 2.24) is 4.98 Å². The van der Waals surface area contributed by atoms with E-state index in [1.54, 1.807) is 6.20 Å². The summed E-state index contributed by atoms with van der Waals surface area (Å²) in [6, 6.07) is 1.84. The number of ketones is 1. The van der Waals surface area contributed by atoms with Crippen LogP contribution in [0.4, 0.5) is 5.82 Å². The second-order valence-electron chi connectivity index (χ2n) is 6.28. The molecule has 0 atom stereocenters. The van der Waals surface area contributed by atoms with Gasteiger partial charge in [-0.25, -0.2) is 4.98 Å². The number of anilines is 1. The lowest BCUT2D eigenvalue weighted by Gasteiger charge is -2.32. The molecule has 0 saturated carbocycles. The highest BCUT2D eigenvalue weighted by Crippen LogP contribution is 2.36. The molecule has 1 aromatic rings. The monoisotopic (exact) mass is 276 g/mol. The van der Waals surface area contributed by atoms with Crippen molar-refractivity contribution in [2.24, 2.45) is 0 Å². The third-order valence-corrected chi connectivity index (χ3v) is 3.99. The summed E-state index contributed by atoms with van der Waals surface area (Å²) in [5.41, 5.74) is 6.49. The summed E-state index contributed by atoms with van der Waals surface area (Å²) in [6.07, 6.45) is 1.91. The Kier molecular flexibility index (Phi) is 3.65. The highest BCUT2D eigenvalue weighted by atomic mass is 16.7. The van der Waals surface area contributed by atoms with Crippen molar-refractivity contribution < 1.29 is 14.1 Å². The minimum atomic E-state index is -0.487. The molecule has 1 aliphatic heterocycles. The first-order valence-corrected chi connectivity index (χ1v) is 6.72. The van der Waals surface area contributed by atoms with Crippen LogP contribution in [0.5, 0.6) is 0 Å². The van der Waals surface area contributed by atoms with Gasteiger partial charge in [-0.15, -0.1) is 0 Å². The molecule has 1 aromatic heterocycles. The minimum absolute atomic E-state index is 0.0459. The van der Waals surface area contributed by atoms with Crippen molar-refractivity contribution >= 4 is 24.2 Å². The van der Waals surface area contributed by atoms with E-state index in [9.17, 15) is 4.79 Å². The average Bonchev–Trinajstić information content (AvgIpc) is 2.50. The van der Waals surface area contributed by atoms with Gasteiger partial charge in [0.15, 0.2) is 0 Å². The Labute approximate surface area is 120 Å². The van der Waals surface area contributed by atoms with Crippen molar-refractivity contribution in [3.63, 3.8) is 0 Å². The Bertz CT molecular complexity index is 527. The largest absolute Gasteiger partial charge is 0.496 e. The van der Waals surface area contributed by atoms with Gasteiger partial charge in [0.25, 0.3) is 0 Å². The van der Waals surface area contributed by atoms with Crippen LogP contribution in [-0.4, -0.2) is 29.1 Å². The fourth-order valence-electron chi connectivity index (χ4n) is 2.06. The van der Waals surface area contributed by atoms with Gasteiger partial charge in [-0.1, -0.05) is 6.07 Å². The minimum Gasteiger partial charge on any atom is -0.399 e. The summed E-state index contributed by atoms with van der Waals surface area (Å²) in [4.78, 5) is 15.4. The second kappa shape index (κ2) is 4.86. The molecule has 0 unspecified atom stereocenters. The van der Waals surface area contributed by atoms with Gasteiger partial charge >= 0.3 is 7.12 Å². The number of nitrogen functional groups attached to an aromatic ring is 1. The van der Waals surface area contributed by atoms with Gasteiger partial charge in [-0.2, -0.15) is 0 Å². The zero-order valence-corrected chi connectivity index (χ0v) is 12.7. The Morgan fingerprint density at radius 2 is 1.85 bits per heavy atom. The van der Waals surface area contributed by atoms with E-state index in [4.69, 9.17) is 15.0 Å². The van der Waals surface area contributed by atoms with Crippen LogP contribution in [0.3, 0.4) is 0 Å². The lowest BCUT2D eigenvalue weighted by atomic mass is 9.79. The zero-order valence-electron chi connectivity index (χ0n) is 12.7. The van der Waals surface area contributed by atoms with Gasteiger partial charge in [0, 0.05) is 23.6 Å². The first-order valence-electron chi connectivity index (χ1n) is 6.72. The SMILES string of the molecule is CC(=O)Cc1cc(B2OC(C)(C)C(C)(C)O2)cnc1N. The van der Waals surface area contributed by atoms with Crippen LogP contribution in [-0.2, 0) is 20.5 Å². The number of nitrogens with two attached hydrogens (primary N) is 1. The number of carbonyl (C=O) groups excluding carboxylic acids is 1. The first-order chi connectivity index (χ1) is 9.12. The predicted molar refractivity (Wildman–Crippen MR) is 78.8 cm³/mol. The van der Waals surface area contributed by atoms with E-state index in [0.717, 1.165) is 5.46 Å². The lowest BCUT2D eigenvalue weighted by molar-refractivity contribution is -0.116. The molecule has 0 aliphatic carbocycles. The maximum Gasteiger partial charge on any atom is 0.496 e. The van der Waals surface area contributed by atoms with Crippen LogP contribution in [0.25, 0.3) is 0 Å². The third-order valence-electron chi connectivity index (χ3n) is 3.99. The summed E-state index contributed by atoms with van der Waals surface area (Å²) < 4.78 is 11.9. The molecule has 1 fully saturated rings. The number of hydrogen-bond donors (Lipinski definition) is 1. The number of hydrogen-bond acceptors (Lipinski definition) is 5. The van der Waals surface area contributed by atoms with E-state index in [2.05, 4.69) is 4.98 Å². The van der Waals surface area contributed by atoms with Gasteiger partial charge in [0.05, 0.1) is 11.2 Å². The number of aromatic nitrogens is 1. The van der Waals surface area contributed by atoms with Gasteiger partial charge < -0.3 is 15.0 Å². The average molecular weight is 276 g/mol. The number of rotatable bonds is 3. The number of pyridine rings is 1. The van der Waals surface area contributed by atoms with Crippen LogP contribution in [0.1, 0.15) is 40.2 Å². The normalized spacial score (nSPS) is 20.1. The second-order valence-corrected chi connectivity index (χ2v) is 6.28. The zero-order chi connectivity index (χ0) is 15.1. The summed E-state index contributed by atoms with van der Waals surface area (Å²) in [6.45, 7) is 9.51. The molecule has 2 heterocycles. The molecule has 2 rings (SSSR count). The van der Waals surface area contributed by atoms with Crippen LogP contribution in [0, 0.1) is 0 Å². The quantitative estimate of drug-likeness (QED) is 0.836. The molecule has 0 radical (unpaired) electrons. The van der Waals surface area contributed by atoms with Gasteiger partial charge in [-0.3, -0.25) is 4.79 Å². The highest BCUT2D eigenvalue weighted by molar-refractivity contribution is 6.62. The van der Waals surface area contributed by atoms with E-state index in [1.807, 2.05) is 33.8 Å². The number of carbonyl (C=O) groups is 1.